The molecule has 1 N–H and O–H groups in total. The van der Waals surface area contributed by atoms with Crippen molar-refractivity contribution in [3.63, 3.8) is 0 Å². The Morgan fingerprint density at radius 3 is 2.90 bits per heavy atom. The molecule has 4 heteroatoms. The summed E-state index contributed by atoms with van der Waals surface area (Å²) >= 11 is 0. The predicted octanol–water partition coefficient (Wildman–Crippen LogP) is 2.52. The Balaban J connectivity index is 0.00000161. The van der Waals surface area contributed by atoms with Gasteiger partial charge in [0.2, 0.25) is 0 Å². The summed E-state index contributed by atoms with van der Waals surface area (Å²) in [5.41, 5.74) is 2.91. The maximum Gasteiger partial charge on any atom is 0.122 e. The minimum absolute atomic E-state index is 0. The number of nitrogens with one attached hydrogen (secondary N) is 1. The van der Waals surface area contributed by atoms with Gasteiger partial charge in [0.25, 0.3) is 0 Å². The molecule has 21 heavy (non-hydrogen) atoms. The molecule has 1 aromatic rings. The summed E-state index contributed by atoms with van der Waals surface area (Å²) in [6, 6.07) is 6.49. The molecule has 0 aromatic heterocycles. The lowest BCUT2D eigenvalue weighted by atomic mass is 9.99. The second kappa shape index (κ2) is 8.02. The number of hydrogen-bond donors (Lipinski definition) is 1. The SMILES string of the molecule is COc1cccc2c1CCN(CC1CCCNC1)CC2.Cl. The fraction of sp³-hybridized carbons (Fsp3) is 0.647. The molecule has 1 aromatic carbocycles. The molecule has 1 saturated heterocycles. The molecule has 0 saturated carbocycles. The number of hydrogen-bond acceptors (Lipinski definition) is 3. The van der Waals surface area contributed by atoms with E-state index in [1.54, 1.807) is 7.11 Å². The van der Waals surface area contributed by atoms with Crippen molar-refractivity contribution in [2.45, 2.75) is 25.7 Å². The highest BCUT2D eigenvalue weighted by atomic mass is 35.5. The number of benzene rings is 1. The number of nitrogens with zero attached hydrogens (tertiary/aromatic N) is 1. The lowest BCUT2D eigenvalue weighted by Crippen LogP contribution is -2.39. The van der Waals surface area contributed by atoms with Crippen LogP contribution in [0, 0.1) is 5.92 Å². The summed E-state index contributed by atoms with van der Waals surface area (Å²) in [5.74, 6) is 1.91. The molecule has 0 aliphatic carbocycles. The lowest BCUT2D eigenvalue weighted by Gasteiger charge is -2.29. The third-order valence-corrected chi connectivity index (χ3v) is 4.74. The Labute approximate surface area is 134 Å². The highest BCUT2D eigenvalue weighted by Gasteiger charge is 2.20. The summed E-state index contributed by atoms with van der Waals surface area (Å²) in [6.07, 6.45) is 5.01. The topological polar surface area (TPSA) is 24.5 Å². The summed E-state index contributed by atoms with van der Waals surface area (Å²) in [4.78, 5) is 2.65. The van der Waals surface area contributed by atoms with E-state index in [0.29, 0.717) is 0 Å². The average molecular weight is 311 g/mol. The first kappa shape index (κ1) is 16.6. The summed E-state index contributed by atoms with van der Waals surface area (Å²) in [7, 11) is 1.78. The van der Waals surface area contributed by atoms with Crippen LogP contribution in [0.4, 0.5) is 0 Å². The maximum absolute atomic E-state index is 5.52. The normalized spacial score (nSPS) is 22.8. The number of halogens is 1. The molecule has 1 atom stereocenters. The van der Waals surface area contributed by atoms with E-state index >= 15 is 0 Å². The predicted molar refractivity (Wildman–Crippen MR) is 89.7 cm³/mol. The molecule has 0 radical (unpaired) electrons. The van der Waals surface area contributed by atoms with Crippen LogP contribution in [0.3, 0.4) is 0 Å². The van der Waals surface area contributed by atoms with Crippen LogP contribution in [0.2, 0.25) is 0 Å². The van der Waals surface area contributed by atoms with E-state index in [2.05, 4.69) is 28.4 Å². The van der Waals surface area contributed by atoms with Crippen molar-refractivity contribution < 1.29 is 4.74 Å². The van der Waals surface area contributed by atoms with Crippen molar-refractivity contribution in [2.24, 2.45) is 5.92 Å². The van der Waals surface area contributed by atoms with Crippen LogP contribution >= 0.6 is 12.4 Å². The zero-order chi connectivity index (χ0) is 13.8. The number of rotatable bonds is 3. The van der Waals surface area contributed by atoms with Crippen molar-refractivity contribution in [2.75, 3.05) is 39.8 Å². The smallest absolute Gasteiger partial charge is 0.122 e. The first-order valence-corrected chi connectivity index (χ1v) is 7.94. The Hall–Kier alpha value is -0.770. The van der Waals surface area contributed by atoms with E-state index in [9.17, 15) is 0 Å². The molecule has 3 nitrogen and oxygen atoms in total. The molecule has 0 spiro atoms. The van der Waals surface area contributed by atoms with Gasteiger partial charge in [-0.05, 0) is 61.9 Å². The van der Waals surface area contributed by atoms with Crippen molar-refractivity contribution in [1.82, 2.24) is 10.2 Å². The van der Waals surface area contributed by atoms with E-state index in [4.69, 9.17) is 4.74 Å². The van der Waals surface area contributed by atoms with Gasteiger partial charge in [0.05, 0.1) is 7.11 Å². The average Bonchev–Trinajstić information content (AvgIpc) is 2.71. The van der Waals surface area contributed by atoms with Gasteiger partial charge in [-0.25, -0.2) is 0 Å². The molecular formula is C17H27ClN2O. The Morgan fingerprint density at radius 2 is 2.14 bits per heavy atom. The fourth-order valence-corrected chi connectivity index (χ4v) is 3.61. The Kier molecular flexibility index (Phi) is 6.34. The van der Waals surface area contributed by atoms with Gasteiger partial charge < -0.3 is 15.0 Å². The molecule has 1 unspecified atom stereocenters. The lowest BCUT2D eigenvalue weighted by molar-refractivity contribution is 0.215. The first-order valence-electron chi connectivity index (χ1n) is 7.94. The molecule has 0 bridgehead atoms. The standard InChI is InChI=1S/C17H26N2O.ClH/c1-20-17-6-2-5-15-7-10-19(11-8-16(15)17)13-14-4-3-9-18-12-14;/h2,5-6,14,18H,3-4,7-13H2,1H3;1H. The Morgan fingerprint density at radius 1 is 1.29 bits per heavy atom. The minimum atomic E-state index is 0. The first-order chi connectivity index (χ1) is 9.86. The van der Waals surface area contributed by atoms with Crippen LogP contribution in [0.1, 0.15) is 24.0 Å². The molecule has 1 fully saturated rings. The largest absolute Gasteiger partial charge is 0.496 e. The third kappa shape index (κ3) is 4.12. The van der Waals surface area contributed by atoms with E-state index in [0.717, 1.165) is 24.5 Å². The van der Waals surface area contributed by atoms with Crippen LogP contribution in [-0.4, -0.2) is 44.7 Å². The van der Waals surface area contributed by atoms with E-state index in [1.807, 2.05) is 0 Å². The number of piperidine rings is 1. The van der Waals surface area contributed by atoms with E-state index in [-0.39, 0.29) is 12.4 Å². The third-order valence-electron chi connectivity index (χ3n) is 4.74. The zero-order valence-corrected chi connectivity index (χ0v) is 13.8. The quantitative estimate of drug-likeness (QED) is 0.928. The van der Waals surface area contributed by atoms with Gasteiger partial charge >= 0.3 is 0 Å². The number of ether oxygens (including phenoxy) is 1. The van der Waals surface area contributed by atoms with Crippen LogP contribution in [0.15, 0.2) is 18.2 Å². The molecule has 0 amide bonds. The number of methoxy groups -OCH3 is 1. The van der Waals surface area contributed by atoms with Crippen molar-refractivity contribution >= 4 is 12.4 Å². The highest BCUT2D eigenvalue weighted by Crippen LogP contribution is 2.26. The van der Waals surface area contributed by atoms with E-state index < -0.39 is 0 Å². The molecule has 2 aliphatic rings. The fourth-order valence-electron chi connectivity index (χ4n) is 3.61. The molecule has 118 valence electrons. The van der Waals surface area contributed by atoms with Gasteiger partial charge in [-0.15, -0.1) is 12.4 Å². The van der Waals surface area contributed by atoms with Crippen molar-refractivity contribution in [3.05, 3.63) is 29.3 Å². The van der Waals surface area contributed by atoms with Gasteiger partial charge in [0, 0.05) is 19.6 Å². The number of fused-ring (bicyclic) bond motifs is 1. The van der Waals surface area contributed by atoms with Gasteiger partial charge in [0.1, 0.15) is 5.75 Å². The summed E-state index contributed by atoms with van der Waals surface area (Å²) < 4.78 is 5.52. The second-order valence-corrected chi connectivity index (χ2v) is 6.11. The molecule has 2 heterocycles. The molecule has 3 rings (SSSR count). The molecular weight excluding hydrogens is 284 g/mol. The van der Waals surface area contributed by atoms with Crippen molar-refractivity contribution in [1.29, 1.82) is 0 Å². The monoisotopic (exact) mass is 310 g/mol. The van der Waals surface area contributed by atoms with E-state index in [1.165, 1.54) is 56.7 Å². The zero-order valence-electron chi connectivity index (χ0n) is 12.9. The van der Waals surface area contributed by atoms with Gasteiger partial charge in [-0.1, -0.05) is 12.1 Å². The van der Waals surface area contributed by atoms with Gasteiger partial charge in [-0.2, -0.15) is 0 Å². The van der Waals surface area contributed by atoms with Crippen LogP contribution in [0.25, 0.3) is 0 Å². The molecule has 2 aliphatic heterocycles. The van der Waals surface area contributed by atoms with Crippen molar-refractivity contribution in [3.8, 4) is 5.75 Å². The Bertz CT molecular complexity index is 446. The van der Waals surface area contributed by atoms with Gasteiger partial charge in [0.15, 0.2) is 0 Å². The summed E-state index contributed by atoms with van der Waals surface area (Å²) in [6.45, 7) is 6.02. The van der Waals surface area contributed by atoms with Gasteiger partial charge in [-0.3, -0.25) is 0 Å². The highest BCUT2D eigenvalue weighted by molar-refractivity contribution is 5.85. The second-order valence-electron chi connectivity index (χ2n) is 6.11. The van der Waals surface area contributed by atoms with Crippen LogP contribution in [-0.2, 0) is 12.8 Å². The van der Waals surface area contributed by atoms with Crippen LogP contribution < -0.4 is 10.1 Å². The summed E-state index contributed by atoms with van der Waals surface area (Å²) in [5, 5.41) is 3.53. The minimum Gasteiger partial charge on any atom is -0.496 e. The van der Waals surface area contributed by atoms with Crippen LogP contribution in [0.5, 0.6) is 5.75 Å². The maximum atomic E-state index is 5.52.